The molecule has 1 aliphatic rings. The van der Waals surface area contributed by atoms with Crippen molar-refractivity contribution in [1.29, 1.82) is 0 Å². The fourth-order valence-electron chi connectivity index (χ4n) is 4.51. The molecule has 1 fully saturated rings. The molecule has 5 rings (SSSR count). The van der Waals surface area contributed by atoms with Gasteiger partial charge in [-0.25, -0.2) is 9.78 Å². The summed E-state index contributed by atoms with van der Waals surface area (Å²) in [6.07, 6.45) is 1.89. The lowest BCUT2D eigenvalue weighted by molar-refractivity contribution is -0.133. The second kappa shape index (κ2) is 8.35. The van der Waals surface area contributed by atoms with Gasteiger partial charge >= 0.3 is 5.69 Å². The maximum atomic E-state index is 13.3. The van der Waals surface area contributed by atoms with E-state index < -0.39 is 5.69 Å². The lowest BCUT2D eigenvalue weighted by Crippen LogP contribution is -2.45. The summed E-state index contributed by atoms with van der Waals surface area (Å²) >= 11 is 1.69. The highest BCUT2D eigenvalue weighted by atomic mass is 32.1. The zero-order chi connectivity index (χ0) is 22.2. The van der Waals surface area contributed by atoms with Gasteiger partial charge in [0.05, 0.1) is 26.1 Å². The van der Waals surface area contributed by atoms with E-state index in [1.165, 1.54) is 9.13 Å². The van der Waals surface area contributed by atoms with Crippen molar-refractivity contribution in [2.24, 2.45) is 0 Å². The molecular weight excluding hydrogens is 424 g/mol. The molecule has 1 aliphatic heterocycles. The third-order valence-electron chi connectivity index (χ3n) is 6.18. The van der Waals surface area contributed by atoms with Crippen LogP contribution in [0.3, 0.4) is 0 Å². The van der Waals surface area contributed by atoms with Crippen LogP contribution in [-0.2, 0) is 17.9 Å². The first-order valence-corrected chi connectivity index (χ1v) is 11.7. The van der Waals surface area contributed by atoms with Gasteiger partial charge in [-0.2, -0.15) is 0 Å². The van der Waals surface area contributed by atoms with E-state index in [9.17, 15) is 14.4 Å². The number of aromatic nitrogens is 3. The van der Waals surface area contributed by atoms with E-state index in [2.05, 4.69) is 6.07 Å². The molecule has 0 spiro atoms. The van der Waals surface area contributed by atoms with Crippen molar-refractivity contribution >= 4 is 38.4 Å². The number of piperidine rings is 1. The average Bonchev–Trinajstić information content (AvgIpc) is 3.26. The van der Waals surface area contributed by atoms with Crippen LogP contribution in [-0.4, -0.2) is 38.0 Å². The average molecular weight is 449 g/mol. The largest absolute Gasteiger partial charge is 0.340 e. The molecule has 164 valence electrons. The minimum Gasteiger partial charge on any atom is -0.340 e. The summed E-state index contributed by atoms with van der Waals surface area (Å²) in [5, 5.41) is 1.51. The van der Waals surface area contributed by atoms with Gasteiger partial charge in [-0.15, -0.1) is 11.3 Å². The Hall–Kier alpha value is -3.26. The minimum atomic E-state index is -0.440. The van der Waals surface area contributed by atoms with E-state index in [1.54, 1.807) is 42.5 Å². The maximum Gasteiger partial charge on any atom is 0.331 e. The number of hydrogen-bond acceptors (Lipinski definition) is 5. The van der Waals surface area contributed by atoms with E-state index in [-0.39, 0.29) is 30.5 Å². The van der Waals surface area contributed by atoms with Gasteiger partial charge in [0.1, 0.15) is 6.54 Å². The van der Waals surface area contributed by atoms with Crippen molar-refractivity contribution < 1.29 is 4.79 Å². The summed E-state index contributed by atoms with van der Waals surface area (Å²) < 4.78 is 3.78. The molecular formula is C24H24N4O3S. The number of likely N-dealkylation sites (tertiary alicyclic amines) is 1. The van der Waals surface area contributed by atoms with Crippen molar-refractivity contribution in [3.8, 4) is 0 Å². The van der Waals surface area contributed by atoms with Crippen LogP contribution in [0.15, 0.2) is 58.1 Å². The number of amides is 1. The van der Waals surface area contributed by atoms with E-state index in [4.69, 9.17) is 4.98 Å². The van der Waals surface area contributed by atoms with Gasteiger partial charge in [0.15, 0.2) is 0 Å². The molecule has 2 aromatic carbocycles. The number of thiazole rings is 1. The fourth-order valence-corrected chi connectivity index (χ4v) is 5.60. The van der Waals surface area contributed by atoms with Crippen molar-refractivity contribution in [2.45, 2.75) is 38.8 Å². The minimum absolute atomic E-state index is 0.0772. The first-order valence-electron chi connectivity index (χ1n) is 10.9. The van der Waals surface area contributed by atoms with Crippen LogP contribution in [0, 0.1) is 0 Å². The van der Waals surface area contributed by atoms with E-state index >= 15 is 0 Å². The quantitative estimate of drug-likeness (QED) is 0.480. The SMILES string of the molecule is CCn1c(=O)c2ccccc2n(CC(=O)N2CCC[C@@H](c3nc4ccccc4s3)C2)c1=O. The second-order valence-electron chi connectivity index (χ2n) is 8.13. The van der Waals surface area contributed by atoms with E-state index in [0.29, 0.717) is 24.0 Å². The lowest BCUT2D eigenvalue weighted by atomic mass is 9.98. The zero-order valence-corrected chi connectivity index (χ0v) is 18.7. The molecule has 0 radical (unpaired) electrons. The highest BCUT2D eigenvalue weighted by Gasteiger charge is 2.27. The van der Waals surface area contributed by atoms with Crippen molar-refractivity contribution in [1.82, 2.24) is 19.0 Å². The number of para-hydroxylation sites is 2. The Labute approximate surface area is 188 Å². The molecule has 0 saturated carbocycles. The normalized spacial score (nSPS) is 16.7. The van der Waals surface area contributed by atoms with Gasteiger partial charge in [0, 0.05) is 25.6 Å². The molecule has 7 nitrogen and oxygen atoms in total. The Morgan fingerprint density at radius 1 is 1.09 bits per heavy atom. The molecule has 8 heteroatoms. The number of benzene rings is 2. The third kappa shape index (κ3) is 3.54. The smallest absolute Gasteiger partial charge is 0.331 e. The molecule has 0 N–H and O–H groups in total. The summed E-state index contributed by atoms with van der Waals surface area (Å²) in [4.78, 5) is 45.5. The predicted octanol–water partition coefficient (Wildman–Crippen LogP) is 3.20. The third-order valence-corrected chi connectivity index (χ3v) is 7.37. The highest BCUT2D eigenvalue weighted by Crippen LogP contribution is 2.33. The van der Waals surface area contributed by atoms with Crippen LogP contribution in [0.5, 0.6) is 0 Å². The van der Waals surface area contributed by atoms with Gasteiger partial charge in [-0.05, 0) is 44.0 Å². The lowest BCUT2D eigenvalue weighted by Gasteiger charge is -2.32. The molecule has 1 amide bonds. The molecule has 0 bridgehead atoms. The molecule has 0 aliphatic carbocycles. The van der Waals surface area contributed by atoms with Crippen LogP contribution in [0.25, 0.3) is 21.1 Å². The Bertz CT molecular complexity index is 1400. The van der Waals surface area contributed by atoms with E-state index in [1.807, 2.05) is 23.1 Å². The highest BCUT2D eigenvalue weighted by molar-refractivity contribution is 7.18. The monoisotopic (exact) mass is 448 g/mol. The Morgan fingerprint density at radius 2 is 1.88 bits per heavy atom. The molecule has 0 unspecified atom stereocenters. The van der Waals surface area contributed by atoms with Crippen molar-refractivity contribution in [3.63, 3.8) is 0 Å². The van der Waals surface area contributed by atoms with Gasteiger partial charge in [0.2, 0.25) is 5.91 Å². The molecule has 1 atom stereocenters. The number of hydrogen-bond donors (Lipinski definition) is 0. The summed E-state index contributed by atoms with van der Waals surface area (Å²) in [6.45, 7) is 3.21. The summed E-state index contributed by atoms with van der Waals surface area (Å²) in [6, 6.07) is 15.1. The number of nitrogens with zero attached hydrogens (tertiary/aromatic N) is 4. The van der Waals surface area contributed by atoms with Gasteiger partial charge in [-0.1, -0.05) is 24.3 Å². The zero-order valence-electron chi connectivity index (χ0n) is 17.9. The van der Waals surface area contributed by atoms with Crippen LogP contribution in [0.2, 0.25) is 0 Å². The summed E-state index contributed by atoms with van der Waals surface area (Å²) in [7, 11) is 0. The topological polar surface area (TPSA) is 77.2 Å². The fraction of sp³-hybridized carbons (Fsp3) is 0.333. The summed E-state index contributed by atoms with van der Waals surface area (Å²) in [5.74, 6) is 0.0903. The van der Waals surface area contributed by atoms with Crippen LogP contribution >= 0.6 is 11.3 Å². The van der Waals surface area contributed by atoms with Gasteiger partial charge in [0.25, 0.3) is 5.56 Å². The molecule has 32 heavy (non-hydrogen) atoms. The molecule has 3 heterocycles. The Balaban J connectivity index is 1.43. The number of carbonyl (C=O) groups excluding carboxylic acids is 1. The van der Waals surface area contributed by atoms with Crippen LogP contribution < -0.4 is 11.2 Å². The molecule has 4 aromatic rings. The molecule has 2 aromatic heterocycles. The Morgan fingerprint density at radius 3 is 2.69 bits per heavy atom. The predicted molar refractivity (Wildman–Crippen MR) is 126 cm³/mol. The van der Waals surface area contributed by atoms with E-state index in [0.717, 1.165) is 28.1 Å². The number of rotatable bonds is 4. The van der Waals surface area contributed by atoms with Gasteiger partial charge in [-0.3, -0.25) is 18.7 Å². The number of carbonyl (C=O) groups is 1. The Kier molecular flexibility index (Phi) is 5.38. The standard InChI is InChI=1S/C24H24N4O3S/c1-2-27-23(30)17-9-3-5-11-19(17)28(24(27)31)15-21(29)26-13-7-8-16(14-26)22-25-18-10-4-6-12-20(18)32-22/h3-6,9-12,16H,2,7-8,13-15H2,1H3/t16-/m1/s1. The van der Waals surface area contributed by atoms with Crippen molar-refractivity contribution in [2.75, 3.05) is 13.1 Å². The van der Waals surface area contributed by atoms with Crippen LogP contribution in [0.4, 0.5) is 0 Å². The number of fused-ring (bicyclic) bond motifs is 2. The van der Waals surface area contributed by atoms with Crippen LogP contribution in [0.1, 0.15) is 30.7 Å². The summed E-state index contributed by atoms with van der Waals surface area (Å²) in [5.41, 5.74) is 0.742. The first-order chi connectivity index (χ1) is 15.6. The second-order valence-corrected chi connectivity index (χ2v) is 9.20. The molecule has 1 saturated heterocycles. The van der Waals surface area contributed by atoms with Gasteiger partial charge < -0.3 is 4.90 Å². The maximum absolute atomic E-state index is 13.3. The first kappa shape index (κ1) is 20.6. The van der Waals surface area contributed by atoms with Crippen molar-refractivity contribution in [3.05, 3.63) is 74.4 Å².